The standard InChI is InChI=1S/C25H27N3O9/c26-23(34)19-16(30)9-13-7-12-8-14-11(10-27-24(35)28-3-5-37-6-4-28)1-2-15(29)18(14)20(31)17(12)21(32)25(13,36)22(19)33/h1-2,12-13,29,31,33,36H,3-10H2,(H2,26,34)(H,27,35)/t12?,13-,25-/m0/s1. The Morgan fingerprint density at radius 1 is 1.14 bits per heavy atom. The van der Waals surface area contributed by atoms with Crippen molar-refractivity contribution in [1.29, 1.82) is 0 Å². The molecule has 196 valence electrons. The fourth-order valence-corrected chi connectivity index (χ4v) is 5.90. The van der Waals surface area contributed by atoms with Crippen LogP contribution in [-0.2, 0) is 32.1 Å². The molecule has 1 aromatic carbocycles. The molecule has 12 nitrogen and oxygen atoms in total. The number of hydrogen-bond donors (Lipinski definition) is 6. The number of nitrogens with one attached hydrogen (secondary N) is 1. The minimum atomic E-state index is -2.60. The summed E-state index contributed by atoms with van der Waals surface area (Å²) in [5, 5.41) is 46.4. The third-order valence-electron chi connectivity index (χ3n) is 7.77. The minimum Gasteiger partial charge on any atom is -0.508 e. The van der Waals surface area contributed by atoms with Crippen LogP contribution in [0.5, 0.6) is 5.75 Å². The van der Waals surface area contributed by atoms with E-state index in [1.807, 2.05) is 0 Å². The van der Waals surface area contributed by atoms with Crippen LogP contribution < -0.4 is 11.1 Å². The first kappa shape index (κ1) is 24.8. The summed E-state index contributed by atoms with van der Waals surface area (Å²) < 4.78 is 5.26. The summed E-state index contributed by atoms with van der Waals surface area (Å²) in [6.45, 7) is 1.90. The zero-order valence-electron chi connectivity index (χ0n) is 19.8. The highest BCUT2D eigenvalue weighted by Crippen LogP contribution is 2.52. The van der Waals surface area contributed by atoms with Crippen LogP contribution in [0.25, 0.3) is 5.76 Å². The Hall–Kier alpha value is -3.90. The van der Waals surface area contributed by atoms with Crippen molar-refractivity contribution in [3.63, 3.8) is 0 Å². The summed E-state index contributed by atoms with van der Waals surface area (Å²) in [7, 11) is 0. The van der Waals surface area contributed by atoms with E-state index in [1.54, 1.807) is 11.0 Å². The van der Waals surface area contributed by atoms with Crippen molar-refractivity contribution in [2.45, 2.75) is 31.4 Å². The molecule has 1 heterocycles. The van der Waals surface area contributed by atoms with Gasteiger partial charge in [-0.05, 0) is 36.0 Å². The highest BCUT2D eigenvalue weighted by molar-refractivity contribution is 6.22. The highest BCUT2D eigenvalue weighted by Gasteiger charge is 2.60. The predicted octanol–water partition coefficient (Wildman–Crippen LogP) is -0.0343. The van der Waals surface area contributed by atoms with E-state index in [9.17, 15) is 39.6 Å². The molecule has 0 bridgehead atoms. The van der Waals surface area contributed by atoms with Gasteiger partial charge in [0.2, 0.25) is 5.78 Å². The van der Waals surface area contributed by atoms with E-state index in [2.05, 4.69) is 5.32 Å². The lowest BCUT2D eigenvalue weighted by Crippen LogP contribution is -2.58. The number of nitrogens with two attached hydrogens (primary N) is 1. The molecule has 12 heteroatoms. The van der Waals surface area contributed by atoms with Crippen LogP contribution in [-0.4, -0.2) is 80.7 Å². The molecule has 1 saturated carbocycles. The first-order valence-corrected chi connectivity index (χ1v) is 12.0. The third kappa shape index (κ3) is 3.75. The van der Waals surface area contributed by atoms with Gasteiger partial charge >= 0.3 is 6.03 Å². The number of phenolic OH excluding ortho intramolecular Hbond substituents is 1. The highest BCUT2D eigenvalue weighted by atomic mass is 16.5. The first-order valence-electron chi connectivity index (χ1n) is 12.0. The quantitative estimate of drug-likeness (QED) is 0.300. The van der Waals surface area contributed by atoms with Gasteiger partial charge in [-0.1, -0.05) is 6.07 Å². The normalized spacial score (nSPS) is 27.4. The molecule has 0 aromatic heterocycles. The van der Waals surface area contributed by atoms with Gasteiger partial charge in [0.15, 0.2) is 11.4 Å². The maximum absolute atomic E-state index is 13.5. The molecule has 1 unspecified atom stereocenters. The van der Waals surface area contributed by atoms with Gasteiger partial charge in [0.25, 0.3) is 5.91 Å². The topological polar surface area (TPSA) is 200 Å². The van der Waals surface area contributed by atoms with E-state index in [0.717, 1.165) is 0 Å². The van der Waals surface area contributed by atoms with Gasteiger partial charge in [-0.3, -0.25) is 14.4 Å². The first-order chi connectivity index (χ1) is 17.6. The average molecular weight is 514 g/mol. The number of Topliss-reactive ketones (excluding diaryl/α,β-unsaturated/α-hetero) is 2. The average Bonchev–Trinajstić information content (AvgIpc) is 2.86. The van der Waals surface area contributed by atoms with Crippen LogP contribution in [0.15, 0.2) is 29.0 Å². The second-order valence-electron chi connectivity index (χ2n) is 9.76. The number of aliphatic hydroxyl groups is 3. The second-order valence-corrected chi connectivity index (χ2v) is 9.76. The minimum absolute atomic E-state index is 0.00903. The summed E-state index contributed by atoms with van der Waals surface area (Å²) in [5.41, 5.74) is 2.68. The summed E-state index contributed by atoms with van der Waals surface area (Å²) >= 11 is 0. The number of amides is 3. The number of fused-ring (bicyclic) bond motifs is 3. The number of primary amides is 1. The Balaban J connectivity index is 1.51. The van der Waals surface area contributed by atoms with Gasteiger partial charge in [0, 0.05) is 37.5 Å². The SMILES string of the molecule is NC(=O)C1=C(O)[C@@]2(O)C(=O)C3=C(O)c4c(O)ccc(CNC(=O)N5CCOCC5)c4CC3C[C@H]2CC1=O. The molecule has 3 amide bonds. The lowest BCUT2D eigenvalue weighted by Gasteiger charge is -2.46. The number of hydrogen-bond acceptors (Lipinski definition) is 9. The number of ketones is 2. The Morgan fingerprint density at radius 3 is 2.51 bits per heavy atom. The van der Waals surface area contributed by atoms with Gasteiger partial charge in [0.05, 0.1) is 18.8 Å². The van der Waals surface area contributed by atoms with E-state index in [1.165, 1.54) is 6.07 Å². The molecule has 0 spiro atoms. The number of carbonyl (C=O) groups excluding carboxylic acids is 4. The molecule has 1 saturated heterocycles. The predicted molar refractivity (Wildman–Crippen MR) is 126 cm³/mol. The fraction of sp³-hybridized carbons (Fsp3) is 0.440. The Kier molecular flexibility index (Phi) is 5.95. The Labute approximate surface area is 211 Å². The maximum Gasteiger partial charge on any atom is 0.317 e. The smallest absolute Gasteiger partial charge is 0.317 e. The van der Waals surface area contributed by atoms with Crippen molar-refractivity contribution in [2.24, 2.45) is 17.6 Å². The molecule has 4 aliphatic rings. The van der Waals surface area contributed by atoms with Crippen LogP contribution in [0, 0.1) is 11.8 Å². The van der Waals surface area contributed by atoms with Gasteiger partial charge < -0.3 is 41.1 Å². The van der Waals surface area contributed by atoms with Crippen molar-refractivity contribution < 1.29 is 44.3 Å². The van der Waals surface area contributed by atoms with Gasteiger partial charge in [-0.15, -0.1) is 0 Å². The van der Waals surface area contributed by atoms with Crippen molar-refractivity contribution in [3.8, 4) is 5.75 Å². The number of phenols is 1. The lowest BCUT2D eigenvalue weighted by atomic mass is 9.59. The number of urea groups is 1. The fourth-order valence-electron chi connectivity index (χ4n) is 5.90. The summed E-state index contributed by atoms with van der Waals surface area (Å²) in [6.07, 6.45) is -0.172. The zero-order valence-corrected chi connectivity index (χ0v) is 19.8. The van der Waals surface area contributed by atoms with E-state index in [0.29, 0.717) is 37.4 Å². The number of aliphatic hydroxyl groups excluding tert-OH is 2. The number of ether oxygens (including phenoxy) is 1. The van der Waals surface area contributed by atoms with Gasteiger partial charge in [-0.25, -0.2) is 4.79 Å². The molecular weight excluding hydrogens is 486 g/mol. The van der Waals surface area contributed by atoms with Crippen molar-refractivity contribution in [2.75, 3.05) is 26.3 Å². The monoisotopic (exact) mass is 513 g/mol. The number of benzene rings is 1. The molecule has 0 radical (unpaired) electrons. The van der Waals surface area contributed by atoms with Crippen LogP contribution in [0.1, 0.15) is 29.5 Å². The van der Waals surface area contributed by atoms with Crippen molar-refractivity contribution in [1.82, 2.24) is 10.2 Å². The van der Waals surface area contributed by atoms with E-state index in [4.69, 9.17) is 10.5 Å². The molecule has 3 aliphatic carbocycles. The second kappa shape index (κ2) is 8.89. The number of nitrogens with zero attached hydrogens (tertiary/aromatic N) is 1. The molecule has 3 atom stereocenters. The number of morpholine rings is 1. The zero-order chi connectivity index (χ0) is 26.6. The van der Waals surface area contributed by atoms with Crippen LogP contribution in [0.3, 0.4) is 0 Å². The van der Waals surface area contributed by atoms with Gasteiger partial charge in [-0.2, -0.15) is 0 Å². The molecule has 1 aromatic rings. The summed E-state index contributed by atoms with van der Waals surface area (Å²) in [5.74, 6) is -6.75. The number of aromatic hydroxyl groups is 1. The third-order valence-corrected chi connectivity index (χ3v) is 7.77. The van der Waals surface area contributed by atoms with E-state index < -0.39 is 52.0 Å². The van der Waals surface area contributed by atoms with Crippen LogP contribution in [0.4, 0.5) is 4.79 Å². The number of carbonyl (C=O) groups is 4. The molecule has 2 fully saturated rings. The molecule has 5 rings (SSSR count). The molecule has 37 heavy (non-hydrogen) atoms. The largest absolute Gasteiger partial charge is 0.508 e. The van der Waals surface area contributed by atoms with Crippen LogP contribution in [0.2, 0.25) is 0 Å². The van der Waals surface area contributed by atoms with Crippen LogP contribution >= 0.6 is 0 Å². The van der Waals surface area contributed by atoms with E-state index >= 15 is 0 Å². The van der Waals surface area contributed by atoms with Crippen molar-refractivity contribution in [3.05, 3.63) is 45.7 Å². The van der Waals surface area contributed by atoms with Gasteiger partial charge in [0.1, 0.15) is 22.8 Å². The molecule has 1 aliphatic heterocycles. The van der Waals surface area contributed by atoms with E-state index in [-0.39, 0.29) is 48.7 Å². The summed E-state index contributed by atoms with van der Waals surface area (Å²) in [4.78, 5) is 51.9. The Morgan fingerprint density at radius 2 is 1.84 bits per heavy atom. The summed E-state index contributed by atoms with van der Waals surface area (Å²) in [6, 6.07) is 2.66. The lowest BCUT2D eigenvalue weighted by molar-refractivity contribution is -0.147. The maximum atomic E-state index is 13.5. The molecule has 7 N–H and O–H groups in total. The van der Waals surface area contributed by atoms with Crippen molar-refractivity contribution >= 4 is 29.3 Å². The number of rotatable bonds is 3. The Bertz CT molecular complexity index is 1290. The molecular formula is C25H27N3O9.